The standard InChI is InChI=1S/C32H49Cl/c1-3-5-7-8-10-11-26-15-20-29(21-16-26)30-22-17-27(18-23-30)13-14-28-19-24-31(32(33)25-28)12-9-6-4-2/h19,24-27,29-30H,3-12,15-18,20-23H2,1-2H3. The Kier molecular flexibility index (Phi) is 12.2. The topological polar surface area (TPSA) is 0 Å². The van der Waals surface area contributed by atoms with E-state index in [4.69, 9.17) is 11.6 Å². The fourth-order valence-corrected chi connectivity index (χ4v) is 6.57. The zero-order valence-corrected chi connectivity index (χ0v) is 22.4. The van der Waals surface area contributed by atoms with Gasteiger partial charge in [-0.15, -0.1) is 0 Å². The Bertz CT molecular complexity index is 723. The first-order valence-corrected chi connectivity index (χ1v) is 14.9. The zero-order valence-electron chi connectivity index (χ0n) is 21.6. The van der Waals surface area contributed by atoms with Gasteiger partial charge in [0.15, 0.2) is 0 Å². The number of aryl methyl sites for hydroxylation is 1. The van der Waals surface area contributed by atoms with E-state index in [0.29, 0.717) is 5.92 Å². The second-order valence-electron chi connectivity index (χ2n) is 11.1. The van der Waals surface area contributed by atoms with Crippen molar-refractivity contribution in [1.82, 2.24) is 0 Å². The van der Waals surface area contributed by atoms with Crippen LogP contribution in [-0.4, -0.2) is 0 Å². The molecule has 0 amide bonds. The number of rotatable bonds is 11. The largest absolute Gasteiger partial charge is 0.0945 e. The van der Waals surface area contributed by atoms with Gasteiger partial charge in [0.25, 0.3) is 0 Å². The predicted molar refractivity (Wildman–Crippen MR) is 146 cm³/mol. The molecule has 0 spiro atoms. The van der Waals surface area contributed by atoms with Crippen LogP contribution in [0.5, 0.6) is 0 Å². The maximum Gasteiger partial charge on any atom is 0.0450 e. The molecule has 0 aromatic heterocycles. The van der Waals surface area contributed by atoms with Gasteiger partial charge in [0.1, 0.15) is 0 Å². The number of unbranched alkanes of at least 4 members (excludes halogenated alkanes) is 6. The Morgan fingerprint density at radius 1 is 0.758 bits per heavy atom. The van der Waals surface area contributed by atoms with Gasteiger partial charge in [-0.2, -0.15) is 0 Å². The molecule has 1 aromatic rings. The number of halogens is 1. The molecule has 0 nitrogen and oxygen atoms in total. The van der Waals surface area contributed by atoms with Crippen LogP contribution in [0, 0.1) is 35.5 Å². The van der Waals surface area contributed by atoms with Crippen LogP contribution in [0.2, 0.25) is 5.02 Å². The summed E-state index contributed by atoms with van der Waals surface area (Å²) in [4.78, 5) is 0. The minimum Gasteiger partial charge on any atom is -0.0945 e. The Balaban J connectivity index is 1.35. The lowest BCUT2D eigenvalue weighted by atomic mass is 9.69. The molecule has 184 valence electrons. The second-order valence-corrected chi connectivity index (χ2v) is 11.5. The Hall–Kier alpha value is -0.930. The van der Waals surface area contributed by atoms with Gasteiger partial charge in [-0.3, -0.25) is 0 Å². The maximum absolute atomic E-state index is 6.53. The zero-order chi connectivity index (χ0) is 23.3. The normalized spacial score (nSPS) is 25.4. The van der Waals surface area contributed by atoms with E-state index < -0.39 is 0 Å². The van der Waals surface area contributed by atoms with E-state index in [2.05, 4.69) is 43.9 Å². The summed E-state index contributed by atoms with van der Waals surface area (Å²) in [7, 11) is 0. The first-order valence-electron chi connectivity index (χ1n) is 14.5. The van der Waals surface area contributed by atoms with Gasteiger partial charge in [0, 0.05) is 16.5 Å². The number of hydrogen-bond acceptors (Lipinski definition) is 0. The molecule has 2 saturated carbocycles. The summed E-state index contributed by atoms with van der Waals surface area (Å²) < 4.78 is 0. The second kappa shape index (κ2) is 15.1. The Morgan fingerprint density at radius 2 is 1.39 bits per heavy atom. The van der Waals surface area contributed by atoms with Crippen molar-refractivity contribution >= 4 is 11.6 Å². The third-order valence-corrected chi connectivity index (χ3v) is 8.92. The van der Waals surface area contributed by atoms with Crippen molar-refractivity contribution in [2.24, 2.45) is 23.7 Å². The third-order valence-electron chi connectivity index (χ3n) is 8.57. The molecule has 0 atom stereocenters. The van der Waals surface area contributed by atoms with E-state index >= 15 is 0 Å². The van der Waals surface area contributed by atoms with Gasteiger partial charge in [-0.25, -0.2) is 0 Å². The lowest BCUT2D eigenvalue weighted by molar-refractivity contribution is 0.153. The fourth-order valence-electron chi connectivity index (χ4n) is 6.30. The molecule has 2 fully saturated rings. The van der Waals surface area contributed by atoms with Gasteiger partial charge in [0.2, 0.25) is 0 Å². The van der Waals surface area contributed by atoms with Gasteiger partial charge in [-0.1, -0.05) is 108 Å². The lowest BCUT2D eigenvalue weighted by Crippen LogP contribution is -2.25. The van der Waals surface area contributed by atoms with Crippen LogP contribution in [0.1, 0.15) is 134 Å². The number of benzene rings is 1. The van der Waals surface area contributed by atoms with Gasteiger partial charge in [0.05, 0.1) is 0 Å². The predicted octanol–water partition coefficient (Wildman–Crippen LogP) is 10.4. The highest BCUT2D eigenvalue weighted by atomic mass is 35.5. The smallest absolute Gasteiger partial charge is 0.0450 e. The van der Waals surface area contributed by atoms with Gasteiger partial charge in [-0.05, 0) is 86.8 Å². The molecular formula is C32H49Cl. The molecule has 0 unspecified atom stereocenters. The monoisotopic (exact) mass is 468 g/mol. The molecule has 0 saturated heterocycles. The van der Waals surface area contributed by atoms with Crippen LogP contribution in [0.25, 0.3) is 0 Å². The van der Waals surface area contributed by atoms with E-state index in [1.54, 1.807) is 0 Å². The summed E-state index contributed by atoms with van der Waals surface area (Å²) in [6.07, 6.45) is 25.0. The van der Waals surface area contributed by atoms with Crippen molar-refractivity contribution in [2.75, 3.05) is 0 Å². The van der Waals surface area contributed by atoms with Crippen LogP contribution >= 0.6 is 11.6 Å². The van der Waals surface area contributed by atoms with Crippen LogP contribution in [0.4, 0.5) is 0 Å². The summed E-state index contributed by atoms with van der Waals surface area (Å²) in [6, 6.07) is 6.46. The quantitative estimate of drug-likeness (QED) is 0.223. The lowest BCUT2D eigenvalue weighted by Gasteiger charge is -2.37. The molecular weight excluding hydrogens is 420 g/mol. The van der Waals surface area contributed by atoms with E-state index in [1.165, 1.54) is 115 Å². The Labute approximate surface area is 210 Å². The molecule has 33 heavy (non-hydrogen) atoms. The highest BCUT2D eigenvalue weighted by Gasteiger charge is 2.30. The van der Waals surface area contributed by atoms with Crippen molar-refractivity contribution in [3.8, 4) is 11.8 Å². The average Bonchev–Trinajstić information content (AvgIpc) is 2.85. The molecule has 0 aliphatic heterocycles. The van der Waals surface area contributed by atoms with E-state index in [9.17, 15) is 0 Å². The SMILES string of the molecule is CCCCCCCC1CCC(C2CCC(C#Cc3ccc(CCCCC)c(Cl)c3)CC2)CC1. The summed E-state index contributed by atoms with van der Waals surface area (Å²) >= 11 is 6.53. The molecule has 1 heteroatoms. The Morgan fingerprint density at radius 3 is 2.06 bits per heavy atom. The highest BCUT2D eigenvalue weighted by molar-refractivity contribution is 6.31. The summed E-state index contributed by atoms with van der Waals surface area (Å²) in [6.45, 7) is 4.56. The van der Waals surface area contributed by atoms with Crippen molar-refractivity contribution in [3.63, 3.8) is 0 Å². The summed E-state index contributed by atoms with van der Waals surface area (Å²) in [5.41, 5.74) is 2.37. The molecule has 0 heterocycles. The molecule has 2 aliphatic rings. The minimum atomic E-state index is 0.587. The van der Waals surface area contributed by atoms with Crippen molar-refractivity contribution in [3.05, 3.63) is 34.3 Å². The summed E-state index contributed by atoms with van der Waals surface area (Å²) in [5.74, 6) is 10.7. The first-order chi connectivity index (χ1) is 16.2. The van der Waals surface area contributed by atoms with E-state index in [-0.39, 0.29) is 0 Å². The van der Waals surface area contributed by atoms with E-state index in [0.717, 1.165) is 34.8 Å². The van der Waals surface area contributed by atoms with E-state index in [1.807, 2.05) is 0 Å². The minimum absolute atomic E-state index is 0.587. The maximum atomic E-state index is 6.53. The average molecular weight is 469 g/mol. The fraction of sp³-hybridized carbons (Fsp3) is 0.750. The van der Waals surface area contributed by atoms with Crippen molar-refractivity contribution < 1.29 is 0 Å². The molecule has 0 bridgehead atoms. The van der Waals surface area contributed by atoms with Gasteiger partial charge >= 0.3 is 0 Å². The number of hydrogen-bond donors (Lipinski definition) is 0. The van der Waals surface area contributed by atoms with Crippen LogP contribution in [-0.2, 0) is 6.42 Å². The molecule has 0 N–H and O–H groups in total. The highest BCUT2D eigenvalue weighted by Crippen LogP contribution is 2.42. The first kappa shape index (κ1) is 26.7. The van der Waals surface area contributed by atoms with Crippen LogP contribution in [0.15, 0.2) is 18.2 Å². The van der Waals surface area contributed by atoms with Crippen LogP contribution in [0.3, 0.4) is 0 Å². The molecule has 1 aromatic carbocycles. The molecule has 3 rings (SSSR count). The van der Waals surface area contributed by atoms with Gasteiger partial charge < -0.3 is 0 Å². The molecule has 0 radical (unpaired) electrons. The third kappa shape index (κ3) is 9.32. The van der Waals surface area contributed by atoms with Crippen LogP contribution < -0.4 is 0 Å². The summed E-state index contributed by atoms with van der Waals surface area (Å²) in [5, 5.41) is 0.901. The van der Waals surface area contributed by atoms with Crippen molar-refractivity contribution in [2.45, 2.75) is 129 Å². The molecule has 2 aliphatic carbocycles. The van der Waals surface area contributed by atoms with Crippen molar-refractivity contribution in [1.29, 1.82) is 0 Å².